The number of aryl methyl sites for hydroxylation is 2. The van der Waals surface area contributed by atoms with Gasteiger partial charge in [0, 0.05) is 41.6 Å². The lowest BCUT2D eigenvalue weighted by molar-refractivity contribution is -0.169. The number of benzene rings is 2. The molecule has 2 aromatic rings. The molecular weight excluding hydrogens is 579 g/mol. The van der Waals surface area contributed by atoms with E-state index in [2.05, 4.69) is 102 Å². The van der Waals surface area contributed by atoms with E-state index in [9.17, 15) is 0 Å². The van der Waals surface area contributed by atoms with E-state index in [0.29, 0.717) is 0 Å². The highest BCUT2D eigenvalue weighted by Gasteiger charge is 2.39. The number of nitrogens with one attached hydrogen (secondary N) is 1. The molecule has 3 saturated heterocycles. The number of halogens is 1. The first-order chi connectivity index (χ1) is 17.4. The third-order valence-corrected chi connectivity index (χ3v) is 7.46. The molecule has 0 amide bonds. The maximum atomic E-state index is 5.74. The lowest BCUT2D eigenvalue weighted by atomic mass is 10.0. The molecule has 37 heavy (non-hydrogen) atoms. The Morgan fingerprint density at radius 1 is 0.865 bits per heavy atom. The minimum absolute atomic E-state index is 0. The first-order valence-corrected chi connectivity index (χ1v) is 14.2. The van der Waals surface area contributed by atoms with E-state index in [-0.39, 0.29) is 19.0 Å². The Hall–Kier alpha value is -1.23. The molecule has 1 N–H and O–H groups in total. The molecule has 3 fully saturated rings. The van der Waals surface area contributed by atoms with E-state index >= 15 is 0 Å². The largest absolute Gasteiger partial charge is 0.371 e. The fourth-order valence-corrected chi connectivity index (χ4v) is 5.36. The summed E-state index contributed by atoms with van der Waals surface area (Å²) in [4.78, 5) is 2.42. The molecule has 0 bridgehead atoms. The summed E-state index contributed by atoms with van der Waals surface area (Å²) in [6.45, 7) is 12.3. The van der Waals surface area contributed by atoms with Gasteiger partial charge in [-0.25, -0.2) is 0 Å². The molecule has 3 heterocycles. The first-order valence-electron chi connectivity index (χ1n) is 13.1. The van der Waals surface area contributed by atoms with Gasteiger partial charge in [-0.3, -0.25) is 0 Å². The van der Waals surface area contributed by atoms with Crippen LogP contribution in [0.2, 0.25) is 0 Å². The van der Waals surface area contributed by atoms with Gasteiger partial charge >= 0.3 is 0 Å². The van der Waals surface area contributed by atoms with Crippen LogP contribution >= 0.6 is 22.6 Å². The van der Waals surface area contributed by atoms with Crippen LogP contribution in [0.5, 0.6) is 0 Å². The van der Waals surface area contributed by atoms with Crippen molar-refractivity contribution in [3.63, 3.8) is 0 Å². The number of piperidine rings is 1. The Bertz CT molecular complexity index is 887. The summed E-state index contributed by atoms with van der Waals surface area (Å²) < 4.78 is 23.8. The van der Waals surface area contributed by atoms with Gasteiger partial charge in [0.25, 0.3) is 0 Å². The van der Waals surface area contributed by atoms with Gasteiger partial charge < -0.3 is 29.2 Å². The lowest BCUT2D eigenvalue weighted by Gasteiger charge is -2.38. The molecule has 0 saturated carbocycles. The Balaban J connectivity index is 0.000000209. The van der Waals surface area contributed by atoms with E-state index in [1.165, 1.54) is 20.4 Å². The predicted octanol–water partition coefficient (Wildman–Crippen LogP) is 6.32. The van der Waals surface area contributed by atoms with Crippen molar-refractivity contribution in [1.82, 2.24) is 5.32 Å². The fourth-order valence-electron chi connectivity index (χ4n) is 4.66. The summed E-state index contributed by atoms with van der Waals surface area (Å²) in [5.74, 6) is -0.538. The molecule has 208 valence electrons. The quantitative estimate of drug-likeness (QED) is 0.392. The number of anilines is 1. The summed E-state index contributed by atoms with van der Waals surface area (Å²) in [7, 11) is 1.94. The third-order valence-electron chi connectivity index (χ3n) is 6.79. The van der Waals surface area contributed by atoms with Crippen molar-refractivity contribution in [3.05, 3.63) is 63.2 Å². The molecule has 0 unspecified atom stereocenters. The molecule has 3 aliphatic heterocycles. The number of ether oxygens (including phenoxy) is 4. The zero-order valence-electron chi connectivity index (χ0n) is 22.4. The topological polar surface area (TPSA) is 52.2 Å². The van der Waals surface area contributed by atoms with Gasteiger partial charge in [-0.2, -0.15) is 0 Å². The van der Waals surface area contributed by atoms with Gasteiger partial charge in [-0.1, -0.05) is 44.2 Å². The van der Waals surface area contributed by atoms with Gasteiger partial charge in [0.2, 0.25) is 0 Å². The maximum absolute atomic E-state index is 5.74. The van der Waals surface area contributed by atoms with Gasteiger partial charge in [-0.15, -0.1) is 0 Å². The Morgan fingerprint density at radius 2 is 1.43 bits per heavy atom. The SMILES string of the molecule is C.CCC1(CCNC)OCCO1.Cc1cccc(I)c1.Cc1cccc(N2CCC3(CC2)OCCO3)c1. The second-order valence-corrected chi connectivity index (χ2v) is 10.8. The summed E-state index contributed by atoms with van der Waals surface area (Å²) in [6, 6.07) is 17.1. The number of rotatable bonds is 5. The molecule has 2 aromatic carbocycles. The van der Waals surface area contributed by atoms with Gasteiger partial charge in [0.05, 0.1) is 26.4 Å². The van der Waals surface area contributed by atoms with Crippen LogP contribution in [0.15, 0.2) is 48.5 Å². The number of hydrogen-bond donors (Lipinski definition) is 1. The Labute approximate surface area is 238 Å². The van der Waals surface area contributed by atoms with Crippen LogP contribution in [0.4, 0.5) is 5.69 Å². The smallest absolute Gasteiger partial charge is 0.171 e. The van der Waals surface area contributed by atoms with Crippen molar-refractivity contribution < 1.29 is 18.9 Å². The molecule has 0 atom stereocenters. The molecule has 6 nitrogen and oxygen atoms in total. The second kappa shape index (κ2) is 16.0. The maximum Gasteiger partial charge on any atom is 0.171 e. The summed E-state index contributed by atoms with van der Waals surface area (Å²) >= 11 is 2.31. The lowest BCUT2D eigenvalue weighted by Crippen LogP contribution is -2.45. The van der Waals surface area contributed by atoms with Crippen LogP contribution in [0.1, 0.15) is 51.2 Å². The van der Waals surface area contributed by atoms with E-state index in [0.717, 1.165) is 71.7 Å². The van der Waals surface area contributed by atoms with E-state index in [1.807, 2.05) is 7.05 Å². The van der Waals surface area contributed by atoms with Crippen LogP contribution in [-0.2, 0) is 18.9 Å². The molecule has 0 aromatic heterocycles. The van der Waals surface area contributed by atoms with E-state index in [4.69, 9.17) is 18.9 Å². The van der Waals surface area contributed by atoms with Crippen LogP contribution < -0.4 is 10.2 Å². The number of hydrogen-bond acceptors (Lipinski definition) is 6. The van der Waals surface area contributed by atoms with Crippen molar-refractivity contribution in [2.24, 2.45) is 0 Å². The monoisotopic (exact) mass is 626 g/mol. The first kappa shape index (κ1) is 32.0. The normalized spacial score (nSPS) is 19.3. The molecule has 7 heteroatoms. The van der Waals surface area contributed by atoms with Crippen LogP contribution in [0.25, 0.3) is 0 Å². The van der Waals surface area contributed by atoms with Crippen molar-refractivity contribution in [3.8, 4) is 0 Å². The van der Waals surface area contributed by atoms with Gasteiger partial charge in [0.15, 0.2) is 11.6 Å². The van der Waals surface area contributed by atoms with Gasteiger partial charge in [0.1, 0.15) is 0 Å². The van der Waals surface area contributed by atoms with Crippen LogP contribution in [0, 0.1) is 17.4 Å². The van der Waals surface area contributed by atoms with E-state index < -0.39 is 0 Å². The zero-order chi connectivity index (χ0) is 25.9. The van der Waals surface area contributed by atoms with Crippen molar-refractivity contribution in [2.45, 2.75) is 65.5 Å². The third kappa shape index (κ3) is 10.1. The second-order valence-electron chi connectivity index (χ2n) is 9.55. The zero-order valence-corrected chi connectivity index (χ0v) is 24.5. The van der Waals surface area contributed by atoms with Gasteiger partial charge in [-0.05, 0) is 86.3 Å². The average Bonchev–Trinajstić information content (AvgIpc) is 3.54. The molecular formula is C30H47IN2O4. The van der Waals surface area contributed by atoms with Crippen molar-refractivity contribution in [2.75, 3.05) is 58.0 Å². The van der Waals surface area contributed by atoms with Crippen molar-refractivity contribution >= 4 is 28.3 Å². The fraction of sp³-hybridized carbons (Fsp3) is 0.600. The average molecular weight is 627 g/mol. The number of nitrogens with zero attached hydrogens (tertiary/aromatic N) is 1. The Kier molecular flexibility index (Phi) is 13.8. The van der Waals surface area contributed by atoms with Crippen LogP contribution in [-0.4, -0.2) is 64.7 Å². The highest BCUT2D eigenvalue weighted by molar-refractivity contribution is 14.1. The molecule has 1 spiro atoms. The summed E-state index contributed by atoms with van der Waals surface area (Å²) in [5, 5.41) is 3.09. The minimum Gasteiger partial charge on any atom is -0.371 e. The molecule has 0 aliphatic carbocycles. The standard InChI is InChI=1S/C14H19NO2.C8H17NO2.C7H7I.CH4/c1-12-3-2-4-13(11-12)15-7-5-14(6-8-15)16-9-10-17-14;1-3-8(4-5-9-2)10-6-7-11-8;1-6-3-2-4-7(8)5-6;/h2-4,11H,5-10H2,1H3;9H,3-7H2,1-2H3;2-5H,1H3;1H4. The minimum atomic E-state index is -0.275. The predicted molar refractivity (Wildman–Crippen MR) is 161 cm³/mol. The summed E-state index contributed by atoms with van der Waals surface area (Å²) in [6.07, 6.45) is 3.83. The van der Waals surface area contributed by atoms with Crippen molar-refractivity contribution in [1.29, 1.82) is 0 Å². The molecule has 3 aliphatic rings. The van der Waals surface area contributed by atoms with Crippen LogP contribution in [0.3, 0.4) is 0 Å². The Morgan fingerprint density at radius 3 is 1.92 bits per heavy atom. The highest BCUT2D eigenvalue weighted by Crippen LogP contribution is 2.33. The molecule has 5 rings (SSSR count). The summed E-state index contributed by atoms with van der Waals surface area (Å²) in [5.41, 5.74) is 3.96. The molecule has 0 radical (unpaired) electrons. The van der Waals surface area contributed by atoms with E-state index in [1.54, 1.807) is 0 Å². The highest BCUT2D eigenvalue weighted by atomic mass is 127.